The van der Waals surface area contributed by atoms with Crippen LogP contribution in [0.5, 0.6) is 0 Å². The Labute approximate surface area is 126 Å². The maximum atomic E-state index is 10.5. The maximum Gasteiger partial charge on any atom is 0.304 e. The van der Waals surface area contributed by atoms with Gasteiger partial charge in [-0.3, -0.25) is 4.79 Å². The first-order valence-corrected chi connectivity index (χ1v) is 7.74. The molecule has 2 unspecified atom stereocenters. The lowest BCUT2D eigenvalue weighted by molar-refractivity contribution is -0.304. The number of hydrogen-bond donors (Lipinski definition) is 5. The Morgan fingerprint density at radius 2 is 1.95 bits per heavy atom. The van der Waals surface area contributed by atoms with Crippen LogP contribution in [0.3, 0.4) is 0 Å². The maximum absolute atomic E-state index is 10.5. The zero-order chi connectivity index (χ0) is 16.0. The summed E-state index contributed by atoms with van der Waals surface area (Å²) in [5, 5.41) is 46.8. The van der Waals surface area contributed by atoms with Gasteiger partial charge < -0.3 is 35.0 Å². The van der Waals surface area contributed by atoms with Crippen LogP contribution in [-0.2, 0) is 14.3 Å². The first-order valence-electron chi connectivity index (χ1n) is 6.70. The molecule has 1 rings (SSSR count). The van der Waals surface area contributed by atoms with Gasteiger partial charge in [-0.25, -0.2) is 0 Å². The molecule has 0 radical (unpaired) electrons. The van der Waals surface area contributed by atoms with Crippen LogP contribution in [-0.4, -0.2) is 80.0 Å². The summed E-state index contributed by atoms with van der Waals surface area (Å²) in [6.07, 6.45) is -6.04. The Balaban J connectivity index is 2.55. The van der Waals surface area contributed by atoms with Crippen LogP contribution < -0.4 is 0 Å². The zero-order valence-corrected chi connectivity index (χ0v) is 12.5. The van der Waals surface area contributed by atoms with Crippen LogP contribution in [0.25, 0.3) is 0 Å². The molecule has 124 valence electrons. The standard InChI is InChI=1S/C12H22O8S/c1-2-8(21-4-3-7(14)15)20-12-11(18)10(17)9(16)6(5-13)19-12/h6,8-13,16-18H,2-5H2,1H3,(H,14,15)/t6-,8?,9+,10+,11-,12?/m1/s1. The molecule has 1 aliphatic rings. The fourth-order valence-corrected chi connectivity index (χ4v) is 2.84. The number of aliphatic hydroxyl groups excluding tert-OH is 4. The van der Waals surface area contributed by atoms with E-state index >= 15 is 0 Å². The number of thioether (sulfide) groups is 1. The summed E-state index contributed by atoms with van der Waals surface area (Å²) >= 11 is 1.26. The van der Waals surface area contributed by atoms with Gasteiger partial charge in [0, 0.05) is 5.75 Å². The molecule has 0 saturated carbocycles. The first kappa shape index (κ1) is 18.6. The largest absolute Gasteiger partial charge is 0.481 e. The molecular formula is C12H22O8S. The normalized spacial score (nSPS) is 34.6. The minimum atomic E-state index is -1.48. The van der Waals surface area contributed by atoms with Crippen molar-refractivity contribution in [1.82, 2.24) is 0 Å². The third-order valence-corrected chi connectivity index (χ3v) is 4.34. The van der Waals surface area contributed by atoms with E-state index in [4.69, 9.17) is 19.7 Å². The second kappa shape index (κ2) is 8.89. The van der Waals surface area contributed by atoms with Gasteiger partial charge in [0.25, 0.3) is 0 Å². The zero-order valence-electron chi connectivity index (χ0n) is 11.7. The van der Waals surface area contributed by atoms with Crippen molar-refractivity contribution < 1.29 is 39.8 Å². The van der Waals surface area contributed by atoms with Gasteiger partial charge in [0.15, 0.2) is 6.29 Å². The van der Waals surface area contributed by atoms with Crippen molar-refractivity contribution in [2.75, 3.05) is 12.4 Å². The topological polar surface area (TPSA) is 137 Å². The van der Waals surface area contributed by atoms with Gasteiger partial charge in [-0.2, -0.15) is 0 Å². The van der Waals surface area contributed by atoms with E-state index in [1.807, 2.05) is 6.92 Å². The van der Waals surface area contributed by atoms with E-state index in [1.165, 1.54) is 11.8 Å². The highest BCUT2D eigenvalue weighted by Gasteiger charge is 2.44. The molecule has 0 aromatic carbocycles. The lowest BCUT2D eigenvalue weighted by atomic mass is 9.99. The summed E-state index contributed by atoms with van der Waals surface area (Å²) in [4.78, 5) is 10.5. The van der Waals surface area contributed by atoms with E-state index in [2.05, 4.69) is 0 Å². The van der Waals surface area contributed by atoms with Gasteiger partial charge in [-0.05, 0) is 6.42 Å². The fraction of sp³-hybridized carbons (Fsp3) is 0.917. The highest BCUT2D eigenvalue weighted by atomic mass is 32.2. The average Bonchev–Trinajstić information content (AvgIpc) is 2.45. The van der Waals surface area contributed by atoms with E-state index in [1.54, 1.807) is 0 Å². The van der Waals surface area contributed by atoms with Crippen molar-refractivity contribution in [3.8, 4) is 0 Å². The molecule has 1 aliphatic heterocycles. The minimum Gasteiger partial charge on any atom is -0.481 e. The highest BCUT2D eigenvalue weighted by Crippen LogP contribution is 2.26. The molecule has 5 N–H and O–H groups in total. The molecule has 1 fully saturated rings. The molecule has 0 bridgehead atoms. The Morgan fingerprint density at radius 1 is 1.29 bits per heavy atom. The molecule has 1 heterocycles. The molecule has 1 saturated heterocycles. The van der Waals surface area contributed by atoms with Gasteiger partial charge in [0.05, 0.1) is 13.0 Å². The Bertz CT molecular complexity index is 326. The molecule has 0 aromatic heterocycles. The second-order valence-electron chi connectivity index (χ2n) is 4.69. The lowest BCUT2D eigenvalue weighted by Gasteiger charge is -2.40. The van der Waals surface area contributed by atoms with Crippen molar-refractivity contribution in [2.24, 2.45) is 0 Å². The summed E-state index contributed by atoms with van der Waals surface area (Å²) < 4.78 is 10.7. The third-order valence-electron chi connectivity index (χ3n) is 3.09. The van der Waals surface area contributed by atoms with Crippen molar-refractivity contribution in [2.45, 2.75) is 55.9 Å². The van der Waals surface area contributed by atoms with Crippen LogP contribution in [0.15, 0.2) is 0 Å². The van der Waals surface area contributed by atoms with Crippen molar-refractivity contribution in [1.29, 1.82) is 0 Å². The SMILES string of the molecule is CCC(OC1O[C@H](CO)[C@H](O)[C@H](O)[C@H]1O)SCCC(=O)O. The summed E-state index contributed by atoms with van der Waals surface area (Å²) in [7, 11) is 0. The molecule has 21 heavy (non-hydrogen) atoms. The third kappa shape index (κ3) is 5.37. The minimum absolute atomic E-state index is 0.0147. The number of rotatable bonds is 8. The first-order chi connectivity index (χ1) is 9.90. The Morgan fingerprint density at radius 3 is 2.48 bits per heavy atom. The number of ether oxygens (including phenoxy) is 2. The van der Waals surface area contributed by atoms with E-state index in [0.29, 0.717) is 12.2 Å². The molecule has 0 amide bonds. The molecular weight excluding hydrogens is 304 g/mol. The van der Waals surface area contributed by atoms with Crippen molar-refractivity contribution in [3.05, 3.63) is 0 Å². The molecule has 0 spiro atoms. The van der Waals surface area contributed by atoms with Gasteiger partial charge >= 0.3 is 5.97 Å². The number of carboxylic acid groups (broad SMARTS) is 1. The fourth-order valence-electron chi connectivity index (χ4n) is 1.86. The summed E-state index contributed by atoms with van der Waals surface area (Å²) in [5.41, 5.74) is -0.425. The van der Waals surface area contributed by atoms with Crippen LogP contribution in [0, 0.1) is 0 Å². The highest BCUT2D eigenvalue weighted by molar-refractivity contribution is 7.99. The van der Waals surface area contributed by atoms with Gasteiger partial charge in [0.2, 0.25) is 0 Å². The van der Waals surface area contributed by atoms with Crippen LogP contribution >= 0.6 is 11.8 Å². The van der Waals surface area contributed by atoms with Crippen LogP contribution in [0.2, 0.25) is 0 Å². The second-order valence-corrected chi connectivity index (χ2v) is 5.95. The quantitative estimate of drug-likeness (QED) is 0.346. The molecule has 0 aromatic rings. The number of aliphatic hydroxyl groups is 4. The Hall–Kier alpha value is -0.420. The lowest BCUT2D eigenvalue weighted by Crippen LogP contribution is -2.59. The van der Waals surface area contributed by atoms with Crippen molar-refractivity contribution >= 4 is 17.7 Å². The van der Waals surface area contributed by atoms with Gasteiger partial charge in [0.1, 0.15) is 29.9 Å². The summed E-state index contributed by atoms with van der Waals surface area (Å²) in [6.45, 7) is 1.30. The van der Waals surface area contributed by atoms with E-state index in [9.17, 15) is 20.1 Å². The summed E-state index contributed by atoms with van der Waals surface area (Å²) in [6, 6.07) is 0. The number of carbonyl (C=O) groups is 1. The smallest absolute Gasteiger partial charge is 0.304 e. The predicted molar refractivity (Wildman–Crippen MR) is 73.6 cm³/mol. The van der Waals surface area contributed by atoms with E-state index in [0.717, 1.165) is 0 Å². The number of carboxylic acids is 1. The van der Waals surface area contributed by atoms with Gasteiger partial charge in [-0.15, -0.1) is 11.8 Å². The molecule has 6 atom stereocenters. The molecule has 0 aliphatic carbocycles. The average molecular weight is 326 g/mol. The van der Waals surface area contributed by atoms with Crippen LogP contribution in [0.4, 0.5) is 0 Å². The molecule has 8 nitrogen and oxygen atoms in total. The number of aliphatic carboxylic acids is 1. The van der Waals surface area contributed by atoms with E-state index in [-0.39, 0.29) is 6.42 Å². The monoisotopic (exact) mass is 326 g/mol. The van der Waals surface area contributed by atoms with Crippen molar-refractivity contribution in [3.63, 3.8) is 0 Å². The molecule has 9 heteroatoms. The summed E-state index contributed by atoms with van der Waals surface area (Å²) in [5.74, 6) is -0.573. The van der Waals surface area contributed by atoms with Gasteiger partial charge in [-0.1, -0.05) is 6.92 Å². The Kier molecular flexibility index (Phi) is 7.88. The predicted octanol–water partition coefficient (Wildman–Crippen LogP) is -1.25. The van der Waals surface area contributed by atoms with E-state index < -0.39 is 48.7 Å². The van der Waals surface area contributed by atoms with Crippen LogP contribution in [0.1, 0.15) is 19.8 Å². The number of hydrogen-bond acceptors (Lipinski definition) is 8.